The Labute approximate surface area is 406 Å². The Balaban J connectivity index is 0.000000259. The number of aromatic nitrogens is 8. The monoisotopic (exact) mass is 982 g/mol. The van der Waals surface area contributed by atoms with Crippen LogP contribution in [0.15, 0.2) is 83.7 Å². The Morgan fingerprint density at radius 1 is 0.957 bits per heavy atom. The van der Waals surface area contributed by atoms with Crippen molar-refractivity contribution in [2.24, 2.45) is 0 Å². The van der Waals surface area contributed by atoms with Crippen molar-refractivity contribution in [3.05, 3.63) is 129 Å². The van der Waals surface area contributed by atoms with Gasteiger partial charge in [0, 0.05) is 68.4 Å². The van der Waals surface area contributed by atoms with Gasteiger partial charge in [-0.25, -0.2) is 32.1 Å². The lowest BCUT2D eigenvalue weighted by atomic mass is 9.97. The highest BCUT2D eigenvalue weighted by molar-refractivity contribution is 7.92. The summed E-state index contributed by atoms with van der Waals surface area (Å²) in [6, 6.07) is 21.7. The van der Waals surface area contributed by atoms with Gasteiger partial charge in [0.25, 0.3) is 5.56 Å². The number of tetrazole rings is 1. The maximum atomic E-state index is 13.6. The third kappa shape index (κ3) is 14.5. The van der Waals surface area contributed by atoms with Crippen LogP contribution in [0.4, 0.5) is 10.3 Å². The minimum absolute atomic E-state index is 0.00988. The molecule has 0 saturated carbocycles. The van der Waals surface area contributed by atoms with Gasteiger partial charge in [0.15, 0.2) is 0 Å². The van der Waals surface area contributed by atoms with E-state index < -0.39 is 40.4 Å². The molecular weight excluding hydrogens is 924 g/mol. The standard InChI is InChI=1S/C27H31N7OS.C22H28FN3O6S/c1-5-6-11-24-28-18(2)23(16-25(36)33(3)4)27(35)34(24)17-19-12-14-20(15-13-19)21-9-7-8-10-22(21)26-29-31-32-30-26;1-13(2)20-18(10-9-16(27)11-17(28)12-19(29)30)21(14-5-7-15(23)8-6-14)25-22(24-20)26(3)33(4,31)32/h7-10,12-15H,5-6,11,16-17H2,1-4H3,(H,29,30,31,32);5-10,13,16-17,27-28H,11-12H2,1-4H3,(H,29,30)/b;10-9+/t;16-,17-/m.1/s1. The van der Waals surface area contributed by atoms with Gasteiger partial charge in [-0.15, -0.1) is 10.2 Å². The number of hydrogen-bond donors (Lipinski definition) is 4. The average molecular weight is 983 g/mol. The van der Waals surface area contributed by atoms with Crippen LogP contribution in [0.3, 0.4) is 0 Å². The van der Waals surface area contributed by atoms with Gasteiger partial charge >= 0.3 is 5.97 Å². The fourth-order valence-corrected chi connectivity index (χ4v) is 7.70. The molecule has 6 rings (SSSR count). The molecule has 3 aromatic heterocycles. The fourth-order valence-electron chi connectivity index (χ4n) is 7.18. The van der Waals surface area contributed by atoms with Crippen LogP contribution in [-0.4, -0.2) is 119 Å². The number of thiocarbonyl (C=S) groups is 1. The number of benzene rings is 3. The van der Waals surface area contributed by atoms with Crippen LogP contribution in [0.5, 0.6) is 0 Å². The molecule has 366 valence electrons. The van der Waals surface area contributed by atoms with E-state index in [-0.39, 0.29) is 23.8 Å². The van der Waals surface area contributed by atoms with Crippen LogP contribution in [-0.2, 0) is 34.2 Å². The highest BCUT2D eigenvalue weighted by atomic mass is 32.2. The Bertz CT molecular complexity index is 2910. The lowest BCUT2D eigenvalue weighted by molar-refractivity contribution is -0.139. The van der Waals surface area contributed by atoms with Crippen molar-refractivity contribution >= 4 is 45.2 Å². The van der Waals surface area contributed by atoms with Crippen LogP contribution < -0.4 is 9.86 Å². The number of aryl methyl sites for hydroxylation is 2. The minimum atomic E-state index is -3.65. The molecule has 69 heavy (non-hydrogen) atoms. The second-order valence-electron chi connectivity index (χ2n) is 17.0. The first-order chi connectivity index (χ1) is 32.7. The molecule has 6 aromatic rings. The van der Waals surface area contributed by atoms with Crippen LogP contribution >= 0.6 is 12.2 Å². The van der Waals surface area contributed by atoms with Gasteiger partial charge in [0.1, 0.15) is 11.6 Å². The number of sulfonamides is 1. The number of hydrogen-bond acceptors (Lipinski definition) is 13. The summed E-state index contributed by atoms with van der Waals surface area (Å²) in [4.78, 5) is 40.6. The summed E-state index contributed by atoms with van der Waals surface area (Å²) in [5.74, 6) is -0.492. The van der Waals surface area contributed by atoms with E-state index in [1.807, 2.05) is 68.6 Å². The first kappa shape index (κ1) is 53.3. The number of aliphatic hydroxyl groups excluding tert-OH is 2. The van der Waals surface area contributed by atoms with Gasteiger partial charge in [0.05, 0.1) is 47.8 Å². The van der Waals surface area contributed by atoms with Crippen molar-refractivity contribution in [3.8, 4) is 33.8 Å². The molecular formula is C49H59FN10O7S2. The van der Waals surface area contributed by atoms with Crippen molar-refractivity contribution in [2.75, 3.05) is 31.7 Å². The SMILES string of the molecule is CC(C)c1nc(N(C)S(C)(=O)=O)nc(-c2ccc(F)cc2)c1/C=C/[C@@H](O)C[C@@H](O)CC(=O)O.CCCCc1nc(C)c(CC(=S)N(C)C)c(=O)n1Cc1ccc(-c2ccccc2-c2nn[nH]n2)cc1. The highest BCUT2D eigenvalue weighted by Crippen LogP contribution is 2.33. The van der Waals surface area contributed by atoms with E-state index in [9.17, 15) is 32.6 Å². The van der Waals surface area contributed by atoms with Crippen LogP contribution in [0.2, 0.25) is 0 Å². The molecule has 0 aliphatic heterocycles. The number of aliphatic hydroxyl groups is 2. The molecule has 4 N–H and O–H groups in total. The zero-order valence-electron chi connectivity index (χ0n) is 40.0. The van der Waals surface area contributed by atoms with Crippen molar-refractivity contribution in [3.63, 3.8) is 0 Å². The molecule has 3 aromatic carbocycles. The molecule has 3 heterocycles. The molecule has 2 atom stereocenters. The molecule has 0 aliphatic carbocycles. The van der Waals surface area contributed by atoms with Crippen molar-refractivity contribution in [2.45, 2.75) is 90.9 Å². The largest absolute Gasteiger partial charge is 0.481 e. The molecule has 20 heteroatoms. The zero-order chi connectivity index (χ0) is 50.6. The third-order valence-corrected chi connectivity index (χ3v) is 12.7. The number of halogens is 1. The normalized spacial score (nSPS) is 12.4. The molecule has 0 fully saturated rings. The van der Waals surface area contributed by atoms with Crippen LogP contribution in [0.1, 0.15) is 86.3 Å². The molecule has 17 nitrogen and oxygen atoms in total. The van der Waals surface area contributed by atoms with Crippen molar-refractivity contribution in [1.29, 1.82) is 0 Å². The maximum Gasteiger partial charge on any atom is 0.305 e. The summed E-state index contributed by atoms with van der Waals surface area (Å²) in [6.07, 6.45) is 4.06. The van der Waals surface area contributed by atoms with Crippen molar-refractivity contribution in [1.82, 2.24) is 45.0 Å². The van der Waals surface area contributed by atoms with Gasteiger partial charge < -0.3 is 20.2 Å². The number of aliphatic carboxylic acids is 1. The first-order valence-electron chi connectivity index (χ1n) is 22.3. The van der Waals surface area contributed by atoms with Crippen LogP contribution in [0, 0.1) is 12.7 Å². The molecule has 0 unspecified atom stereocenters. The predicted molar refractivity (Wildman–Crippen MR) is 269 cm³/mol. The minimum Gasteiger partial charge on any atom is -0.481 e. The summed E-state index contributed by atoms with van der Waals surface area (Å²) in [7, 11) is 1.48. The second-order valence-corrected chi connectivity index (χ2v) is 19.5. The molecule has 0 spiro atoms. The van der Waals surface area contributed by atoms with E-state index in [0.29, 0.717) is 46.9 Å². The Morgan fingerprint density at radius 2 is 1.61 bits per heavy atom. The number of nitrogens with one attached hydrogen (secondary N) is 1. The van der Waals surface area contributed by atoms with Crippen molar-refractivity contribution < 1.29 is 32.9 Å². The van der Waals surface area contributed by atoms with E-state index in [1.54, 1.807) is 0 Å². The fraction of sp³-hybridized carbons (Fsp3) is 0.367. The number of carboxylic acids is 1. The van der Waals surface area contributed by atoms with E-state index in [1.165, 1.54) is 43.5 Å². The summed E-state index contributed by atoms with van der Waals surface area (Å²) in [5, 5.41) is 43.2. The van der Waals surface area contributed by atoms with E-state index >= 15 is 0 Å². The number of anilines is 1. The molecule has 0 saturated heterocycles. The number of unbranched alkanes of at least 4 members (excludes halogenated alkanes) is 1. The number of aromatic amines is 1. The van der Waals surface area contributed by atoms with E-state index in [2.05, 4.69) is 61.8 Å². The summed E-state index contributed by atoms with van der Waals surface area (Å²) in [5.41, 5.74) is 7.21. The van der Waals surface area contributed by atoms with E-state index in [4.69, 9.17) is 22.3 Å². The third-order valence-electron chi connectivity index (χ3n) is 11.1. The molecule has 0 aliphatic rings. The average Bonchev–Trinajstić information content (AvgIpc) is 3.85. The lowest BCUT2D eigenvalue weighted by Gasteiger charge is -2.20. The second kappa shape index (κ2) is 24.1. The van der Waals surface area contributed by atoms with Gasteiger partial charge in [0.2, 0.25) is 21.8 Å². The lowest BCUT2D eigenvalue weighted by Crippen LogP contribution is -2.33. The Morgan fingerprint density at radius 3 is 2.19 bits per heavy atom. The Hall–Kier alpha value is -6.61. The highest BCUT2D eigenvalue weighted by Gasteiger charge is 2.23. The first-order valence-corrected chi connectivity index (χ1v) is 24.5. The molecule has 0 amide bonds. The summed E-state index contributed by atoms with van der Waals surface area (Å²) < 4.78 is 40.4. The van der Waals surface area contributed by atoms with Crippen LogP contribution in [0.25, 0.3) is 39.8 Å². The number of likely N-dealkylation sites (N-methyl/N-ethyl adjacent to an activating group) is 1. The predicted octanol–water partition coefficient (Wildman–Crippen LogP) is 6.62. The zero-order valence-corrected chi connectivity index (χ0v) is 41.6. The van der Waals surface area contributed by atoms with Gasteiger partial charge in [-0.3, -0.25) is 14.2 Å². The number of carboxylic acid groups (broad SMARTS) is 1. The summed E-state index contributed by atoms with van der Waals surface area (Å²) in [6.45, 7) is 8.21. The molecule has 0 radical (unpaired) electrons. The summed E-state index contributed by atoms with van der Waals surface area (Å²) >= 11 is 5.49. The molecule has 0 bridgehead atoms. The number of carbonyl (C=O) groups is 1. The van der Waals surface area contributed by atoms with Gasteiger partial charge in [-0.1, -0.05) is 100 Å². The topological polar surface area (TPSA) is 234 Å². The van der Waals surface area contributed by atoms with Gasteiger partial charge in [-0.05, 0) is 65.4 Å². The number of rotatable bonds is 19. The smallest absolute Gasteiger partial charge is 0.305 e. The quantitative estimate of drug-likeness (QED) is 0.0625. The number of H-pyrrole nitrogens is 1. The number of nitrogens with zero attached hydrogens (tertiary/aromatic N) is 9. The van der Waals surface area contributed by atoms with E-state index in [0.717, 1.165) is 68.6 Å². The Kier molecular flexibility index (Phi) is 18.6. The maximum absolute atomic E-state index is 13.6. The van der Waals surface area contributed by atoms with Gasteiger partial charge in [-0.2, -0.15) is 5.21 Å².